The molecule has 5 aliphatic carbocycles. The third kappa shape index (κ3) is 4.91. The Kier molecular flexibility index (Phi) is 8.37. The van der Waals surface area contributed by atoms with Gasteiger partial charge in [-0.3, -0.25) is 4.90 Å². The van der Waals surface area contributed by atoms with Crippen LogP contribution in [0, 0.1) is 50.7 Å². The van der Waals surface area contributed by atoms with Gasteiger partial charge in [0.1, 0.15) is 6.10 Å². The van der Waals surface area contributed by atoms with Crippen molar-refractivity contribution in [1.82, 2.24) is 4.90 Å². The van der Waals surface area contributed by atoms with Crippen LogP contribution in [0.25, 0.3) is 0 Å². The number of aliphatic hydroxyl groups is 2. The van der Waals surface area contributed by atoms with Crippen LogP contribution >= 0.6 is 0 Å². The number of methoxy groups -OCH3 is 1. The van der Waals surface area contributed by atoms with Crippen LogP contribution in [-0.2, 0) is 25.5 Å². The van der Waals surface area contributed by atoms with E-state index in [0.717, 1.165) is 45.5 Å². The fraction of sp³-hybridized carbons (Fsp3) is 0.857. The molecule has 0 amide bonds. The summed E-state index contributed by atoms with van der Waals surface area (Å²) < 4.78 is 26.0. The summed E-state index contributed by atoms with van der Waals surface area (Å²) in [6.07, 6.45) is 7.95. The molecule has 2 aliphatic heterocycles. The lowest BCUT2D eigenvalue weighted by molar-refractivity contribution is -0.249. The number of morpholine rings is 1. The Morgan fingerprint density at radius 1 is 1.00 bits per heavy atom. The Hall–Kier alpha value is -1.06. The van der Waals surface area contributed by atoms with Crippen molar-refractivity contribution in [3.63, 3.8) is 0 Å². The van der Waals surface area contributed by atoms with E-state index in [1.165, 1.54) is 37.7 Å². The van der Waals surface area contributed by atoms with Crippen LogP contribution in [0.4, 0.5) is 0 Å². The van der Waals surface area contributed by atoms with Crippen molar-refractivity contribution in [2.75, 3.05) is 26.8 Å². The Bertz CT molecular complexity index is 1380. The van der Waals surface area contributed by atoms with Crippen LogP contribution in [-0.4, -0.2) is 84.3 Å². The van der Waals surface area contributed by atoms with E-state index >= 15 is 0 Å². The molecule has 7 fully saturated rings. The summed E-state index contributed by atoms with van der Waals surface area (Å²) in [6.45, 7) is 19.4. The minimum Gasteiger partial charge on any atom is -0.390 e. The topological polar surface area (TPSA) is 80.6 Å². The number of rotatable bonds is 7. The molecule has 8 rings (SSSR count). The molecule has 14 atom stereocenters. The summed E-state index contributed by atoms with van der Waals surface area (Å²) in [7, 11) is 1.68. The molecular formula is C42H65NO6. The highest BCUT2D eigenvalue weighted by molar-refractivity contribution is 5.33. The van der Waals surface area contributed by atoms with Crippen LogP contribution in [0.15, 0.2) is 30.3 Å². The van der Waals surface area contributed by atoms with E-state index in [1.54, 1.807) is 7.11 Å². The molecule has 5 saturated carbocycles. The minimum absolute atomic E-state index is 0.0189. The Labute approximate surface area is 295 Å². The van der Waals surface area contributed by atoms with Gasteiger partial charge in [0, 0.05) is 32.2 Å². The molecule has 2 heterocycles. The fourth-order valence-corrected chi connectivity index (χ4v) is 14.6. The summed E-state index contributed by atoms with van der Waals surface area (Å²) in [6, 6.07) is 10.8. The standard InChI is InChI=1S/C42H65NO6/c1-26-22-28(36(46-8)38(4,5)45)48-34-33(26)39(6)18-19-42-25-41(42)17-16-31(37(2,3)29(41)14-15-30(42)40(39,7)35(34)44)49-32-24-43(20-21-47-32)23-27-12-10-9-11-13-27/h9-13,26,28-36,44-45H,14-25H2,1-8H3/t26-,28-,29+,30+,31+,32+,33+,34+,35+,36+,39-,40-,41-,42+/m1/s1. The largest absolute Gasteiger partial charge is 0.390 e. The molecule has 49 heavy (non-hydrogen) atoms. The van der Waals surface area contributed by atoms with Crippen LogP contribution in [0.1, 0.15) is 105 Å². The molecule has 0 aromatic heterocycles. The van der Waals surface area contributed by atoms with Gasteiger partial charge in [-0.15, -0.1) is 0 Å². The molecule has 1 aromatic carbocycles. The van der Waals surface area contributed by atoms with Crippen LogP contribution < -0.4 is 0 Å². The Morgan fingerprint density at radius 2 is 1.71 bits per heavy atom. The lowest BCUT2D eigenvalue weighted by atomic mass is 9.41. The number of hydrogen-bond acceptors (Lipinski definition) is 7. The average molecular weight is 680 g/mol. The van der Waals surface area contributed by atoms with Crippen molar-refractivity contribution in [3.8, 4) is 0 Å². The third-order valence-electron chi connectivity index (χ3n) is 16.7. The van der Waals surface area contributed by atoms with Crippen molar-refractivity contribution in [1.29, 1.82) is 0 Å². The van der Waals surface area contributed by atoms with Gasteiger partial charge in [0.25, 0.3) is 0 Å². The van der Waals surface area contributed by atoms with Crippen molar-refractivity contribution in [2.24, 2.45) is 50.7 Å². The summed E-state index contributed by atoms with van der Waals surface area (Å²) in [4.78, 5) is 2.49. The lowest BCUT2D eigenvalue weighted by Crippen LogP contribution is -2.60. The van der Waals surface area contributed by atoms with E-state index in [-0.39, 0.29) is 40.8 Å². The maximum Gasteiger partial charge on any atom is 0.170 e. The molecule has 2 spiro atoms. The smallest absolute Gasteiger partial charge is 0.170 e. The highest BCUT2D eigenvalue weighted by atomic mass is 16.7. The molecule has 0 bridgehead atoms. The fourth-order valence-electron chi connectivity index (χ4n) is 14.6. The van der Waals surface area contributed by atoms with Gasteiger partial charge in [-0.1, -0.05) is 65.0 Å². The predicted molar refractivity (Wildman–Crippen MR) is 190 cm³/mol. The highest BCUT2D eigenvalue weighted by Gasteiger charge is 2.84. The first-order chi connectivity index (χ1) is 23.1. The molecule has 2 N–H and O–H groups in total. The molecule has 2 saturated heterocycles. The maximum atomic E-state index is 12.6. The number of fused-ring (bicyclic) bond motifs is 4. The Morgan fingerprint density at radius 3 is 2.43 bits per heavy atom. The second kappa shape index (κ2) is 11.7. The third-order valence-corrected chi connectivity index (χ3v) is 16.7. The van der Waals surface area contributed by atoms with Gasteiger partial charge in [-0.05, 0) is 116 Å². The van der Waals surface area contributed by atoms with Gasteiger partial charge < -0.3 is 29.2 Å². The zero-order chi connectivity index (χ0) is 34.8. The van der Waals surface area contributed by atoms with Gasteiger partial charge in [-0.25, -0.2) is 0 Å². The van der Waals surface area contributed by atoms with Crippen LogP contribution in [0.2, 0.25) is 0 Å². The molecule has 0 unspecified atom stereocenters. The first-order valence-electron chi connectivity index (χ1n) is 19.7. The van der Waals surface area contributed by atoms with E-state index in [4.69, 9.17) is 18.9 Å². The number of benzene rings is 1. The van der Waals surface area contributed by atoms with Crippen LogP contribution in [0.5, 0.6) is 0 Å². The zero-order valence-electron chi connectivity index (χ0n) is 31.6. The summed E-state index contributed by atoms with van der Waals surface area (Å²) in [5.41, 5.74) is 0.867. The summed E-state index contributed by atoms with van der Waals surface area (Å²) in [5.74, 6) is 1.83. The lowest BCUT2D eigenvalue weighted by Gasteiger charge is -2.64. The first kappa shape index (κ1) is 35.0. The quantitative estimate of drug-likeness (QED) is 0.327. The van der Waals surface area contributed by atoms with E-state index in [0.29, 0.717) is 34.5 Å². The van der Waals surface area contributed by atoms with E-state index in [1.807, 2.05) is 13.8 Å². The van der Waals surface area contributed by atoms with E-state index < -0.39 is 17.8 Å². The van der Waals surface area contributed by atoms with Gasteiger partial charge in [0.2, 0.25) is 0 Å². The summed E-state index contributed by atoms with van der Waals surface area (Å²) >= 11 is 0. The van der Waals surface area contributed by atoms with Gasteiger partial charge in [0.15, 0.2) is 6.29 Å². The molecule has 7 aliphatic rings. The maximum absolute atomic E-state index is 12.6. The molecule has 274 valence electrons. The predicted octanol–water partition coefficient (Wildman–Crippen LogP) is 6.83. The zero-order valence-corrected chi connectivity index (χ0v) is 31.6. The van der Waals surface area contributed by atoms with E-state index in [2.05, 4.69) is 69.9 Å². The molecule has 0 radical (unpaired) electrons. The van der Waals surface area contributed by atoms with E-state index in [9.17, 15) is 10.2 Å². The van der Waals surface area contributed by atoms with Crippen molar-refractivity contribution < 1.29 is 29.2 Å². The number of hydrogen-bond donors (Lipinski definition) is 2. The Balaban J connectivity index is 1.00. The van der Waals surface area contributed by atoms with Crippen LogP contribution in [0.3, 0.4) is 0 Å². The first-order valence-corrected chi connectivity index (χ1v) is 19.7. The molecular weight excluding hydrogens is 614 g/mol. The second-order valence-electron chi connectivity index (χ2n) is 19.5. The van der Waals surface area contributed by atoms with Gasteiger partial charge in [0.05, 0.1) is 36.6 Å². The number of ether oxygens (including phenoxy) is 4. The average Bonchev–Trinajstić information content (AvgIpc) is 3.67. The molecule has 7 heteroatoms. The highest BCUT2D eigenvalue weighted by Crippen LogP contribution is 2.89. The van der Waals surface area contributed by atoms with Gasteiger partial charge in [-0.2, -0.15) is 0 Å². The van der Waals surface area contributed by atoms with Crippen molar-refractivity contribution >= 4 is 0 Å². The molecule has 7 nitrogen and oxygen atoms in total. The summed E-state index contributed by atoms with van der Waals surface area (Å²) in [5, 5.41) is 23.5. The number of nitrogens with zero attached hydrogens (tertiary/aromatic N) is 1. The van der Waals surface area contributed by atoms with Crippen molar-refractivity contribution in [2.45, 2.75) is 149 Å². The molecule has 1 aromatic rings. The number of aliphatic hydroxyl groups excluding tert-OH is 1. The SMILES string of the molecule is CO[C@@H]([C@H]1C[C@@H](C)[C@H]2[C@H](O1)[C@H](O)[C@@]1(C)[C@@H]3CC[C@H]4C(C)(C)[C@@H](O[C@H]5CN(Cc6ccccc6)CCO5)CC[C@@]45C[C@@]35CC[C@]21C)C(C)(C)O. The monoisotopic (exact) mass is 679 g/mol. The van der Waals surface area contributed by atoms with Gasteiger partial charge >= 0.3 is 0 Å². The minimum atomic E-state index is -1.01. The second-order valence-corrected chi connectivity index (χ2v) is 19.5. The van der Waals surface area contributed by atoms with Crippen molar-refractivity contribution in [3.05, 3.63) is 35.9 Å². The normalized spacial score (nSPS) is 49.6.